The van der Waals surface area contributed by atoms with Gasteiger partial charge in [-0.3, -0.25) is 0 Å². The third kappa shape index (κ3) is 3.61. The van der Waals surface area contributed by atoms with Gasteiger partial charge in [-0.15, -0.1) is 0 Å². The molecule has 0 aliphatic rings. The molecule has 0 saturated carbocycles. The van der Waals surface area contributed by atoms with Crippen LogP contribution in [0.5, 0.6) is 0 Å². The predicted molar refractivity (Wildman–Crippen MR) is 84.4 cm³/mol. The summed E-state index contributed by atoms with van der Waals surface area (Å²) in [5.74, 6) is 1.38. The molecule has 0 radical (unpaired) electrons. The minimum atomic E-state index is 0.574. The number of hydrogen-bond donors (Lipinski definition) is 1. The highest BCUT2D eigenvalue weighted by Gasteiger charge is 2.12. The van der Waals surface area contributed by atoms with Gasteiger partial charge in [0, 0.05) is 19.6 Å². The molecular weight excluding hydrogens is 272 g/mol. The zero-order valence-electron chi connectivity index (χ0n) is 11.8. The highest BCUT2D eigenvalue weighted by Crippen LogP contribution is 2.25. The number of nitrogens with one attached hydrogen (secondary N) is 1. The first-order valence-electron chi connectivity index (χ1n) is 6.79. The molecule has 2 aromatic rings. The molecule has 1 aromatic carbocycles. The van der Waals surface area contributed by atoms with Crippen molar-refractivity contribution in [3.05, 3.63) is 47.1 Å². The Balaban J connectivity index is 2.24. The quantitative estimate of drug-likeness (QED) is 0.883. The summed E-state index contributed by atoms with van der Waals surface area (Å²) < 4.78 is 0. The summed E-state index contributed by atoms with van der Waals surface area (Å²) in [4.78, 5) is 10.8. The average Bonchev–Trinajstić information content (AvgIpc) is 2.48. The van der Waals surface area contributed by atoms with Gasteiger partial charge in [0.15, 0.2) is 5.82 Å². The van der Waals surface area contributed by atoms with E-state index in [4.69, 9.17) is 11.6 Å². The van der Waals surface area contributed by atoms with E-state index in [1.165, 1.54) is 5.56 Å². The van der Waals surface area contributed by atoms with Gasteiger partial charge in [0.1, 0.15) is 5.02 Å². The van der Waals surface area contributed by atoms with E-state index in [2.05, 4.69) is 39.2 Å². The second-order valence-corrected chi connectivity index (χ2v) is 4.80. The van der Waals surface area contributed by atoms with Crippen molar-refractivity contribution in [3.63, 3.8) is 0 Å². The summed E-state index contributed by atoms with van der Waals surface area (Å²) in [7, 11) is 0. The highest BCUT2D eigenvalue weighted by molar-refractivity contribution is 6.32. The van der Waals surface area contributed by atoms with Gasteiger partial charge in [-0.25, -0.2) is 4.98 Å². The van der Waals surface area contributed by atoms with Crippen molar-refractivity contribution >= 4 is 23.4 Å². The minimum absolute atomic E-state index is 0.574. The first-order valence-corrected chi connectivity index (χ1v) is 7.17. The van der Waals surface area contributed by atoms with Gasteiger partial charge < -0.3 is 10.2 Å². The lowest BCUT2D eigenvalue weighted by Crippen LogP contribution is -2.24. The molecule has 0 amide bonds. The SMILES string of the molecule is CCNc1ncc(Cl)c(N(CC)Cc2ccccc2)n1. The topological polar surface area (TPSA) is 41.1 Å². The summed E-state index contributed by atoms with van der Waals surface area (Å²) in [5.41, 5.74) is 1.23. The molecule has 4 nitrogen and oxygen atoms in total. The Hall–Kier alpha value is -1.81. The molecule has 2 rings (SSSR count). The molecule has 0 aliphatic carbocycles. The van der Waals surface area contributed by atoms with Crippen molar-refractivity contribution in [2.75, 3.05) is 23.3 Å². The Morgan fingerprint density at radius 2 is 1.95 bits per heavy atom. The molecule has 0 aliphatic heterocycles. The van der Waals surface area contributed by atoms with Crippen molar-refractivity contribution in [3.8, 4) is 0 Å². The predicted octanol–water partition coefficient (Wildman–Crippen LogP) is 3.59. The molecule has 5 heteroatoms. The first kappa shape index (κ1) is 14.6. The molecule has 0 atom stereocenters. The van der Waals surface area contributed by atoms with Crippen LogP contribution < -0.4 is 10.2 Å². The molecule has 0 bridgehead atoms. The maximum absolute atomic E-state index is 6.24. The molecule has 0 fully saturated rings. The lowest BCUT2D eigenvalue weighted by atomic mass is 10.2. The summed E-state index contributed by atoms with van der Waals surface area (Å²) >= 11 is 6.24. The number of benzene rings is 1. The Labute approximate surface area is 124 Å². The van der Waals surface area contributed by atoms with Crippen molar-refractivity contribution in [1.29, 1.82) is 0 Å². The lowest BCUT2D eigenvalue weighted by molar-refractivity contribution is 0.810. The maximum Gasteiger partial charge on any atom is 0.224 e. The number of aromatic nitrogens is 2. The fourth-order valence-corrected chi connectivity index (χ4v) is 2.17. The summed E-state index contributed by atoms with van der Waals surface area (Å²) in [6, 6.07) is 10.3. The molecule has 1 heterocycles. The van der Waals surface area contributed by atoms with E-state index in [1.807, 2.05) is 25.1 Å². The molecule has 0 saturated heterocycles. The molecule has 1 aromatic heterocycles. The number of nitrogens with zero attached hydrogens (tertiary/aromatic N) is 3. The van der Waals surface area contributed by atoms with E-state index >= 15 is 0 Å². The molecule has 0 unspecified atom stereocenters. The van der Waals surface area contributed by atoms with E-state index in [9.17, 15) is 0 Å². The fraction of sp³-hybridized carbons (Fsp3) is 0.333. The van der Waals surface area contributed by atoms with Gasteiger partial charge in [0.05, 0.1) is 6.20 Å². The Morgan fingerprint density at radius 3 is 2.60 bits per heavy atom. The van der Waals surface area contributed by atoms with Gasteiger partial charge in [-0.1, -0.05) is 41.9 Å². The number of anilines is 2. The van der Waals surface area contributed by atoms with Crippen LogP contribution in [-0.4, -0.2) is 23.1 Å². The van der Waals surface area contributed by atoms with Crippen molar-refractivity contribution in [2.45, 2.75) is 20.4 Å². The maximum atomic E-state index is 6.24. The third-order valence-corrected chi connectivity index (χ3v) is 3.22. The van der Waals surface area contributed by atoms with Crippen LogP contribution in [-0.2, 0) is 6.54 Å². The van der Waals surface area contributed by atoms with Crippen LogP contribution in [0.25, 0.3) is 0 Å². The van der Waals surface area contributed by atoms with E-state index < -0.39 is 0 Å². The molecule has 20 heavy (non-hydrogen) atoms. The van der Waals surface area contributed by atoms with Crippen molar-refractivity contribution in [2.24, 2.45) is 0 Å². The monoisotopic (exact) mass is 290 g/mol. The van der Waals surface area contributed by atoms with Gasteiger partial charge >= 0.3 is 0 Å². The van der Waals surface area contributed by atoms with Gasteiger partial charge in [-0.2, -0.15) is 4.98 Å². The van der Waals surface area contributed by atoms with Crippen molar-refractivity contribution < 1.29 is 0 Å². The van der Waals surface area contributed by atoms with Crippen molar-refractivity contribution in [1.82, 2.24) is 9.97 Å². The Morgan fingerprint density at radius 1 is 1.20 bits per heavy atom. The van der Waals surface area contributed by atoms with Crippen LogP contribution in [0, 0.1) is 0 Å². The highest BCUT2D eigenvalue weighted by atomic mass is 35.5. The molecule has 1 N–H and O–H groups in total. The fourth-order valence-electron chi connectivity index (χ4n) is 1.96. The second kappa shape index (κ2) is 7.10. The van der Waals surface area contributed by atoms with Crippen LogP contribution >= 0.6 is 11.6 Å². The summed E-state index contributed by atoms with van der Waals surface area (Å²) in [6.07, 6.45) is 1.65. The molecular formula is C15H19ClN4. The third-order valence-electron chi connectivity index (χ3n) is 2.96. The first-order chi connectivity index (χ1) is 9.74. The van der Waals surface area contributed by atoms with Gasteiger partial charge in [0.25, 0.3) is 0 Å². The summed E-state index contributed by atoms with van der Waals surface area (Å²) in [5, 5.41) is 3.68. The van der Waals surface area contributed by atoms with Gasteiger partial charge in [0.2, 0.25) is 5.95 Å². The van der Waals surface area contributed by atoms with Crippen LogP contribution in [0.3, 0.4) is 0 Å². The number of hydrogen-bond acceptors (Lipinski definition) is 4. The van der Waals surface area contributed by atoms with Crippen LogP contribution in [0.15, 0.2) is 36.5 Å². The lowest BCUT2D eigenvalue weighted by Gasteiger charge is -2.23. The minimum Gasteiger partial charge on any atom is -0.354 e. The largest absolute Gasteiger partial charge is 0.354 e. The Kier molecular flexibility index (Phi) is 5.18. The van der Waals surface area contributed by atoms with E-state index in [0.717, 1.165) is 25.5 Å². The zero-order chi connectivity index (χ0) is 14.4. The summed E-state index contributed by atoms with van der Waals surface area (Å²) in [6.45, 7) is 6.50. The molecule has 106 valence electrons. The van der Waals surface area contributed by atoms with E-state index in [1.54, 1.807) is 6.20 Å². The normalized spacial score (nSPS) is 10.3. The van der Waals surface area contributed by atoms with Crippen LogP contribution in [0.4, 0.5) is 11.8 Å². The Bertz CT molecular complexity index is 545. The number of halogens is 1. The standard InChI is InChI=1S/C15H19ClN4/c1-3-17-15-18-10-13(16)14(19-15)20(4-2)11-12-8-6-5-7-9-12/h5-10H,3-4,11H2,1-2H3,(H,17,18,19). The van der Waals surface area contributed by atoms with Crippen LogP contribution in [0.2, 0.25) is 5.02 Å². The smallest absolute Gasteiger partial charge is 0.224 e. The van der Waals surface area contributed by atoms with Crippen LogP contribution in [0.1, 0.15) is 19.4 Å². The average molecular weight is 291 g/mol. The number of rotatable bonds is 6. The van der Waals surface area contributed by atoms with Gasteiger partial charge in [-0.05, 0) is 19.4 Å². The second-order valence-electron chi connectivity index (χ2n) is 4.40. The van der Waals surface area contributed by atoms with E-state index in [0.29, 0.717) is 11.0 Å². The zero-order valence-corrected chi connectivity index (χ0v) is 12.6. The molecule has 0 spiro atoms. The van der Waals surface area contributed by atoms with E-state index in [-0.39, 0.29) is 0 Å².